The summed E-state index contributed by atoms with van der Waals surface area (Å²) in [6.45, 7) is 0. The summed E-state index contributed by atoms with van der Waals surface area (Å²) in [7, 11) is 0. The molecule has 1 aromatic rings. The first kappa shape index (κ1) is 16.5. The van der Waals surface area contributed by atoms with Crippen LogP contribution in [0.4, 0.5) is 11.4 Å². The van der Waals surface area contributed by atoms with E-state index in [9.17, 15) is 29.8 Å². The smallest absolute Gasteiger partial charge is 0.328 e. The number of carbonyl (C=O) groups is 2. The summed E-state index contributed by atoms with van der Waals surface area (Å²) in [6, 6.07) is 1.61. The van der Waals surface area contributed by atoms with E-state index < -0.39 is 33.2 Å². The Balaban J connectivity index is 3.58. The van der Waals surface area contributed by atoms with E-state index in [0.29, 0.717) is 18.2 Å². The molecule has 0 fully saturated rings. The molecule has 0 saturated heterocycles. The zero-order valence-electron chi connectivity index (χ0n) is 10.7. The molecule has 0 aliphatic heterocycles. The van der Waals surface area contributed by atoms with Gasteiger partial charge in [-0.15, -0.1) is 0 Å². The average molecular weight is 308 g/mol. The summed E-state index contributed by atoms with van der Waals surface area (Å²) < 4.78 is 0. The van der Waals surface area contributed by atoms with Crippen LogP contribution in [0.3, 0.4) is 0 Å². The Hall–Kier alpha value is -3.56. The monoisotopic (exact) mass is 308 g/mol. The van der Waals surface area contributed by atoms with Crippen molar-refractivity contribution in [1.82, 2.24) is 0 Å². The number of nitro groups is 2. The fourth-order valence-corrected chi connectivity index (χ4v) is 1.52. The number of hydrogen-bond donors (Lipinski definition) is 2. The highest BCUT2D eigenvalue weighted by atomic mass is 16.6. The second kappa shape index (κ2) is 6.74. The molecule has 10 heteroatoms. The Morgan fingerprint density at radius 3 is 1.50 bits per heavy atom. The third-order valence-corrected chi connectivity index (χ3v) is 2.38. The summed E-state index contributed by atoms with van der Waals surface area (Å²) >= 11 is 0. The highest BCUT2D eigenvalue weighted by Crippen LogP contribution is 2.30. The van der Waals surface area contributed by atoms with Crippen molar-refractivity contribution in [2.75, 3.05) is 0 Å². The molecule has 0 saturated carbocycles. The molecule has 0 spiro atoms. The fourth-order valence-electron chi connectivity index (χ4n) is 1.52. The van der Waals surface area contributed by atoms with Gasteiger partial charge in [0.15, 0.2) is 0 Å². The van der Waals surface area contributed by atoms with Gasteiger partial charge in [-0.2, -0.15) is 0 Å². The predicted octanol–water partition coefficient (Wildman–Crippen LogP) is 1.70. The SMILES string of the molecule is O=C(O)/C=C/c1cc(/C=C/C(=O)O)c([N+](=O)[O-])cc1[N+](=O)[O-]. The van der Waals surface area contributed by atoms with Crippen LogP contribution in [-0.2, 0) is 9.59 Å². The van der Waals surface area contributed by atoms with Crippen LogP contribution < -0.4 is 0 Å². The lowest BCUT2D eigenvalue weighted by Gasteiger charge is -2.02. The molecule has 0 heterocycles. The van der Waals surface area contributed by atoms with E-state index in [1.54, 1.807) is 0 Å². The maximum atomic E-state index is 10.9. The molecule has 0 amide bonds. The van der Waals surface area contributed by atoms with Gasteiger partial charge in [-0.25, -0.2) is 9.59 Å². The highest BCUT2D eigenvalue weighted by Gasteiger charge is 2.22. The van der Waals surface area contributed by atoms with Crippen LogP contribution in [-0.4, -0.2) is 32.0 Å². The van der Waals surface area contributed by atoms with Crippen LogP contribution in [0.15, 0.2) is 24.3 Å². The molecule has 22 heavy (non-hydrogen) atoms. The van der Waals surface area contributed by atoms with Crippen LogP contribution in [0, 0.1) is 20.2 Å². The van der Waals surface area contributed by atoms with Crippen LogP contribution in [0.1, 0.15) is 11.1 Å². The first-order valence-corrected chi connectivity index (χ1v) is 5.51. The van der Waals surface area contributed by atoms with Crippen molar-refractivity contribution in [2.45, 2.75) is 0 Å². The third kappa shape index (κ3) is 4.23. The number of nitrogens with zero attached hydrogens (tertiary/aromatic N) is 2. The van der Waals surface area contributed by atoms with Gasteiger partial charge in [0.1, 0.15) is 0 Å². The van der Waals surface area contributed by atoms with Crippen molar-refractivity contribution in [3.05, 3.63) is 55.6 Å². The minimum Gasteiger partial charge on any atom is -0.478 e. The Morgan fingerprint density at radius 2 is 1.23 bits per heavy atom. The van der Waals surface area contributed by atoms with Crippen LogP contribution in [0.2, 0.25) is 0 Å². The summed E-state index contributed by atoms with van der Waals surface area (Å²) in [5.74, 6) is -2.73. The van der Waals surface area contributed by atoms with Gasteiger partial charge in [0.25, 0.3) is 11.4 Å². The molecule has 1 rings (SSSR count). The summed E-state index contributed by atoms with van der Waals surface area (Å²) in [6.07, 6.45) is 3.03. The third-order valence-electron chi connectivity index (χ3n) is 2.38. The molecule has 114 valence electrons. The van der Waals surface area contributed by atoms with Crippen molar-refractivity contribution in [2.24, 2.45) is 0 Å². The minimum absolute atomic E-state index is 0.206. The minimum atomic E-state index is -1.37. The Bertz CT molecular complexity index is 663. The van der Waals surface area contributed by atoms with E-state index in [2.05, 4.69) is 0 Å². The molecule has 10 nitrogen and oxygen atoms in total. The van der Waals surface area contributed by atoms with Crippen molar-refractivity contribution in [3.63, 3.8) is 0 Å². The lowest BCUT2D eigenvalue weighted by Crippen LogP contribution is -1.99. The molecule has 0 atom stereocenters. The number of carboxylic acids is 2. The number of nitro benzene ring substituents is 2. The Labute approximate surface area is 121 Å². The molecular formula is C12H8N2O8. The predicted molar refractivity (Wildman–Crippen MR) is 73.1 cm³/mol. The zero-order chi connectivity index (χ0) is 16.9. The second-order valence-corrected chi connectivity index (χ2v) is 3.83. The van der Waals surface area contributed by atoms with Crippen molar-refractivity contribution in [1.29, 1.82) is 0 Å². The van der Waals surface area contributed by atoms with E-state index in [1.165, 1.54) is 0 Å². The van der Waals surface area contributed by atoms with E-state index in [0.717, 1.165) is 18.2 Å². The van der Waals surface area contributed by atoms with Gasteiger partial charge < -0.3 is 10.2 Å². The lowest BCUT2D eigenvalue weighted by atomic mass is 10.0. The van der Waals surface area contributed by atoms with E-state index >= 15 is 0 Å². The summed E-state index contributed by atoms with van der Waals surface area (Å²) in [5, 5.41) is 38.9. The van der Waals surface area contributed by atoms with E-state index in [-0.39, 0.29) is 11.1 Å². The van der Waals surface area contributed by atoms with Crippen molar-refractivity contribution >= 4 is 35.5 Å². The molecule has 0 unspecified atom stereocenters. The maximum absolute atomic E-state index is 10.9. The average Bonchev–Trinajstić information content (AvgIpc) is 2.41. The van der Waals surface area contributed by atoms with Gasteiger partial charge in [-0.05, 0) is 18.2 Å². The molecule has 0 aliphatic rings. The molecule has 0 aromatic heterocycles. The Morgan fingerprint density at radius 1 is 0.864 bits per heavy atom. The fraction of sp³-hybridized carbons (Fsp3) is 0. The van der Waals surface area contributed by atoms with E-state index in [4.69, 9.17) is 10.2 Å². The Kier molecular flexibility index (Phi) is 5.06. The van der Waals surface area contributed by atoms with Crippen LogP contribution in [0.5, 0.6) is 0 Å². The molecule has 0 aliphatic carbocycles. The maximum Gasteiger partial charge on any atom is 0.328 e. The molecule has 2 N–H and O–H groups in total. The zero-order valence-corrected chi connectivity index (χ0v) is 10.7. The van der Waals surface area contributed by atoms with Crippen molar-refractivity contribution < 1.29 is 29.6 Å². The van der Waals surface area contributed by atoms with Crippen LogP contribution >= 0.6 is 0 Å². The summed E-state index contributed by atoms with van der Waals surface area (Å²) in [5.41, 5.74) is -1.75. The van der Waals surface area contributed by atoms with Gasteiger partial charge in [0.2, 0.25) is 0 Å². The lowest BCUT2D eigenvalue weighted by molar-refractivity contribution is -0.394. The molecular weight excluding hydrogens is 300 g/mol. The highest BCUT2D eigenvalue weighted by molar-refractivity contribution is 5.89. The normalized spacial score (nSPS) is 10.9. The summed E-state index contributed by atoms with van der Waals surface area (Å²) in [4.78, 5) is 41.0. The van der Waals surface area contributed by atoms with Gasteiger partial charge in [0, 0.05) is 12.2 Å². The van der Waals surface area contributed by atoms with E-state index in [1.807, 2.05) is 0 Å². The van der Waals surface area contributed by atoms with Crippen molar-refractivity contribution in [3.8, 4) is 0 Å². The van der Waals surface area contributed by atoms with Gasteiger partial charge in [-0.1, -0.05) is 0 Å². The molecule has 0 radical (unpaired) electrons. The molecule has 0 bridgehead atoms. The van der Waals surface area contributed by atoms with Gasteiger partial charge >= 0.3 is 11.9 Å². The standard InChI is InChI=1S/C12H8N2O8/c15-11(16)3-1-7-5-8(2-4-12(17)18)10(14(21)22)6-9(7)13(19)20/h1-6H,(H,15,16)(H,17,18)/b3-1+,4-2+. The number of aliphatic carboxylic acids is 2. The van der Waals surface area contributed by atoms with Gasteiger partial charge in [-0.3, -0.25) is 20.2 Å². The molecule has 1 aromatic carbocycles. The first-order chi connectivity index (χ1) is 10.2. The number of hydrogen-bond acceptors (Lipinski definition) is 6. The number of carboxylic acid groups (broad SMARTS) is 2. The van der Waals surface area contributed by atoms with Gasteiger partial charge in [0.05, 0.1) is 27.0 Å². The largest absolute Gasteiger partial charge is 0.478 e. The topological polar surface area (TPSA) is 161 Å². The van der Waals surface area contributed by atoms with Crippen LogP contribution in [0.25, 0.3) is 12.2 Å². The number of benzene rings is 1. The number of rotatable bonds is 6. The quantitative estimate of drug-likeness (QED) is 0.455. The first-order valence-electron chi connectivity index (χ1n) is 5.51. The second-order valence-electron chi connectivity index (χ2n) is 3.83.